The van der Waals surface area contributed by atoms with Gasteiger partial charge in [-0.2, -0.15) is 0 Å². The summed E-state index contributed by atoms with van der Waals surface area (Å²) in [6.07, 6.45) is 1.58. The maximum absolute atomic E-state index is 11.1. The van der Waals surface area contributed by atoms with Crippen molar-refractivity contribution in [3.8, 4) is 0 Å². The summed E-state index contributed by atoms with van der Waals surface area (Å²) in [4.78, 5) is 21.9. The van der Waals surface area contributed by atoms with Gasteiger partial charge in [0, 0.05) is 5.57 Å². The number of hydrogen-bond donors (Lipinski definition) is 2. The molecule has 1 unspecified atom stereocenters. The molecule has 0 aliphatic heterocycles. The smallest absolute Gasteiger partial charge is 0.331 e. The van der Waals surface area contributed by atoms with E-state index in [1.807, 2.05) is 0 Å². The zero-order chi connectivity index (χ0) is 11.7. The summed E-state index contributed by atoms with van der Waals surface area (Å²) in [5, 5.41) is 18.0. The van der Waals surface area contributed by atoms with E-state index in [1.54, 1.807) is 24.3 Å². The minimum absolute atomic E-state index is 0.0433. The van der Waals surface area contributed by atoms with E-state index in [0.29, 0.717) is 11.1 Å². The summed E-state index contributed by atoms with van der Waals surface area (Å²) in [6.45, 7) is 0. The summed E-state index contributed by atoms with van der Waals surface area (Å²) in [7, 11) is 0. The van der Waals surface area contributed by atoms with E-state index in [4.69, 9.17) is 10.2 Å². The number of hydrogen-bond acceptors (Lipinski definition) is 2. The molecule has 0 radical (unpaired) electrons. The monoisotopic (exact) mass is 218 g/mol. The van der Waals surface area contributed by atoms with Crippen LogP contribution in [-0.2, 0) is 9.59 Å². The highest BCUT2D eigenvalue weighted by Crippen LogP contribution is 2.33. The molecular formula is C12H10O4. The second-order valence-electron chi connectivity index (χ2n) is 3.70. The largest absolute Gasteiger partial charge is 0.481 e. The Bertz CT molecular complexity index is 488. The minimum Gasteiger partial charge on any atom is -0.481 e. The quantitative estimate of drug-likeness (QED) is 0.792. The topological polar surface area (TPSA) is 74.6 Å². The van der Waals surface area contributed by atoms with Gasteiger partial charge in [0.2, 0.25) is 0 Å². The Hall–Kier alpha value is -2.10. The molecule has 4 heteroatoms. The van der Waals surface area contributed by atoms with Crippen LogP contribution in [0.2, 0.25) is 0 Å². The molecule has 1 atom stereocenters. The Kier molecular flexibility index (Phi) is 2.48. The Balaban J connectivity index is 2.53. The molecule has 0 saturated carbocycles. The van der Waals surface area contributed by atoms with Crippen molar-refractivity contribution in [2.24, 2.45) is 0 Å². The molecular weight excluding hydrogens is 208 g/mol. The number of carboxylic acids is 2. The first-order chi connectivity index (χ1) is 7.59. The zero-order valence-electron chi connectivity index (χ0n) is 8.38. The number of fused-ring (bicyclic) bond motifs is 1. The number of benzene rings is 1. The van der Waals surface area contributed by atoms with Crippen molar-refractivity contribution in [2.45, 2.75) is 12.3 Å². The molecule has 1 aromatic rings. The van der Waals surface area contributed by atoms with Crippen molar-refractivity contribution in [1.82, 2.24) is 0 Å². The van der Waals surface area contributed by atoms with Crippen molar-refractivity contribution >= 4 is 18.0 Å². The van der Waals surface area contributed by atoms with Crippen LogP contribution in [0.5, 0.6) is 0 Å². The third-order valence-electron chi connectivity index (χ3n) is 2.70. The number of aliphatic carboxylic acids is 2. The van der Waals surface area contributed by atoms with Crippen LogP contribution in [0.1, 0.15) is 23.5 Å². The molecule has 82 valence electrons. The third-order valence-corrected chi connectivity index (χ3v) is 2.70. The molecule has 1 aliphatic rings. The number of carbonyl (C=O) groups is 2. The minimum atomic E-state index is -1.05. The normalized spacial score (nSPS) is 18.5. The highest BCUT2D eigenvalue weighted by molar-refractivity contribution is 5.96. The molecule has 1 aromatic carbocycles. The van der Waals surface area contributed by atoms with E-state index < -0.39 is 17.9 Å². The second-order valence-corrected chi connectivity index (χ2v) is 3.70. The average Bonchev–Trinajstić information content (AvgIpc) is 2.27. The van der Waals surface area contributed by atoms with Crippen molar-refractivity contribution in [3.05, 3.63) is 41.0 Å². The summed E-state index contributed by atoms with van der Waals surface area (Å²) < 4.78 is 0. The van der Waals surface area contributed by atoms with Gasteiger partial charge in [-0.1, -0.05) is 24.3 Å². The highest BCUT2D eigenvalue weighted by Gasteiger charge is 2.29. The summed E-state index contributed by atoms with van der Waals surface area (Å²) in [5.74, 6) is -2.80. The van der Waals surface area contributed by atoms with Crippen molar-refractivity contribution < 1.29 is 19.8 Å². The van der Waals surface area contributed by atoms with Crippen LogP contribution in [0, 0.1) is 0 Å². The third kappa shape index (κ3) is 1.69. The molecule has 2 rings (SSSR count). The lowest BCUT2D eigenvalue weighted by Crippen LogP contribution is -2.19. The maximum atomic E-state index is 11.1. The van der Waals surface area contributed by atoms with E-state index in [-0.39, 0.29) is 12.0 Å². The highest BCUT2D eigenvalue weighted by atomic mass is 16.4. The fourth-order valence-corrected chi connectivity index (χ4v) is 1.91. The molecule has 16 heavy (non-hydrogen) atoms. The van der Waals surface area contributed by atoms with Gasteiger partial charge in [-0.15, -0.1) is 0 Å². The fraction of sp³-hybridized carbons (Fsp3) is 0.167. The average molecular weight is 218 g/mol. The molecule has 1 aliphatic carbocycles. The first-order valence-corrected chi connectivity index (χ1v) is 4.85. The Labute approximate surface area is 91.8 Å². The van der Waals surface area contributed by atoms with Crippen molar-refractivity contribution in [3.63, 3.8) is 0 Å². The Morgan fingerprint density at radius 1 is 1.19 bits per heavy atom. The van der Waals surface area contributed by atoms with Crippen molar-refractivity contribution in [2.75, 3.05) is 0 Å². The molecule has 0 saturated heterocycles. The first kappa shape index (κ1) is 10.4. The molecule has 0 spiro atoms. The SMILES string of the molecule is O=C(O)C1=Cc2ccccc2C(C(=O)O)C1. The molecule has 0 aromatic heterocycles. The van der Waals surface area contributed by atoms with E-state index in [2.05, 4.69) is 0 Å². The zero-order valence-corrected chi connectivity index (χ0v) is 8.38. The fourth-order valence-electron chi connectivity index (χ4n) is 1.91. The lowest BCUT2D eigenvalue weighted by Gasteiger charge is -2.20. The van der Waals surface area contributed by atoms with Crippen molar-refractivity contribution in [1.29, 1.82) is 0 Å². The summed E-state index contributed by atoms with van der Waals surface area (Å²) in [6, 6.07) is 6.98. The molecule has 0 bridgehead atoms. The lowest BCUT2D eigenvalue weighted by molar-refractivity contribution is -0.138. The maximum Gasteiger partial charge on any atom is 0.331 e. The van der Waals surface area contributed by atoms with Crippen LogP contribution in [-0.4, -0.2) is 22.2 Å². The van der Waals surface area contributed by atoms with Gasteiger partial charge in [-0.3, -0.25) is 4.79 Å². The summed E-state index contributed by atoms with van der Waals surface area (Å²) >= 11 is 0. The Morgan fingerprint density at radius 3 is 2.50 bits per heavy atom. The number of carboxylic acid groups (broad SMARTS) is 2. The standard InChI is InChI=1S/C12H10O4/c13-11(14)8-5-7-3-1-2-4-9(7)10(6-8)12(15)16/h1-5,10H,6H2,(H,13,14)(H,15,16). The van der Waals surface area contributed by atoms with Crippen LogP contribution in [0.15, 0.2) is 29.8 Å². The van der Waals surface area contributed by atoms with Crippen LogP contribution < -0.4 is 0 Å². The second kappa shape index (κ2) is 3.81. The molecule has 2 N–H and O–H groups in total. The lowest BCUT2D eigenvalue weighted by atomic mass is 9.83. The Morgan fingerprint density at radius 2 is 1.88 bits per heavy atom. The van der Waals surface area contributed by atoms with Gasteiger partial charge in [0.05, 0.1) is 5.92 Å². The molecule has 0 amide bonds. The van der Waals surface area contributed by atoms with Gasteiger partial charge in [-0.25, -0.2) is 4.79 Å². The van der Waals surface area contributed by atoms with E-state index in [1.165, 1.54) is 6.08 Å². The van der Waals surface area contributed by atoms with E-state index in [9.17, 15) is 9.59 Å². The van der Waals surface area contributed by atoms with Gasteiger partial charge < -0.3 is 10.2 Å². The van der Waals surface area contributed by atoms with Gasteiger partial charge >= 0.3 is 11.9 Å². The number of rotatable bonds is 2. The van der Waals surface area contributed by atoms with Crippen LogP contribution >= 0.6 is 0 Å². The van der Waals surface area contributed by atoms with Gasteiger partial charge in [-0.05, 0) is 23.6 Å². The van der Waals surface area contributed by atoms with Crippen LogP contribution in [0.4, 0.5) is 0 Å². The molecule has 0 heterocycles. The molecule has 4 nitrogen and oxygen atoms in total. The van der Waals surface area contributed by atoms with E-state index in [0.717, 1.165) is 0 Å². The summed E-state index contributed by atoms with van der Waals surface area (Å²) in [5.41, 5.74) is 1.50. The van der Waals surface area contributed by atoms with Crippen LogP contribution in [0.25, 0.3) is 6.08 Å². The first-order valence-electron chi connectivity index (χ1n) is 4.85. The van der Waals surface area contributed by atoms with Gasteiger partial charge in [0.25, 0.3) is 0 Å². The van der Waals surface area contributed by atoms with Gasteiger partial charge in [0.1, 0.15) is 0 Å². The molecule has 0 fully saturated rings. The van der Waals surface area contributed by atoms with Crippen LogP contribution in [0.3, 0.4) is 0 Å². The van der Waals surface area contributed by atoms with Gasteiger partial charge in [0.15, 0.2) is 0 Å². The predicted molar refractivity (Wildman–Crippen MR) is 57.0 cm³/mol. The predicted octanol–water partition coefficient (Wildman–Crippen LogP) is 1.73. The van der Waals surface area contributed by atoms with E-state index >= 15 is 0 Å².